The van der Waals surface area contributed by atoms with Crippen molar-refractivity contribution >= 4 is 5.91 Å². The van der Waals surface area contributed by atoms with E-state index in [1.807, 2.05) is 11.9 Å². The SMILES string of the molecule is Cc1cc(C)cc(OCCN(C)C(=O)C23CC4CC(CC(C4)C2)C3)c1. The fourth-order valence-corrected chi connectivity index (χ4v) is 6.20. The molecule has 0 N–H and O–H groups in total. The van der Waals surface area contributed by atoms with E-state index in [1.54, 1.807) is 0 Å². The van der Waals surface area contributed by atoms with Crippen LogP contribution in [0.5, 0.6) is 5.75 Å². The molecule has 0 unspecified atom stereocenters. The lowest BCUT2D eigenvalue weighted by Crippen LogP contribution is -2.54. The summed E-state index contributed by atoms with van der Waals surface area (Å²) in [4.78, 5) is 15.2. The van der Waals surface area contributed by atoms with E-state index in [0.29, 0.717) is 19.1 Å². The third kappa shape index (κ3) is 3.30. The van der Waals surface area contributed by atoms with Crippen LogP contribution in [0, 0.1) is 37.0 Å². The van der Waals surface area contributed by atoms with Crippen molar-refractivity contribution in [3.63, 3.8) is 0 Å². The summed E-state index contributed by atoms with van der Waals surface area (Å²) in [6.07, 6.45) is 7.56. The average Bonchev–Trinajstić information content (AvgIpc) is 2.51. The molecule has 4 fully saturated rings. The second kappa shape index (κ2) is 6.34. The van der Waals surface area contributed by atoms with Crippen LogP contribution in [-0.4, -0.2) is 31.0 Å². The Kier molecular flexibility index (Phi) is 4.29. The number of likely N-dealkylation sites (N-methyl/N-ethyl adjacent to an activating group) is 1. The largest absolute Gasteiger partial charge is 0.492 e. The van der Waals surface area contributed by atoms with Crippen molar-refractivity contribution in [1.82, 2.24) is 4.90 Å². The van der Waals surface area contributed by atoms with Crippen molar-refractivity contribution < 1.29 is 9.53 Å². The molecule has 3 heteroatoms. The van der Waals surface area contributed by atoms with Crippen LogP contribution < -0.4 is 4.74 Å². The van der Waals surface area contributed by atoms with Gasteiger partial charge in [-0.3, -0.25) is 4.79 Å². The number of nitrogens with zero attached hydrogens (tertiary/aromatic N) is 1. The zero-order valence-electron chi connectivity index (χ0n) is 15.9. The van der Waals surface area contributed by atoms with E-state index in [0.717, 1.165) is 42.8 Å². The molecule has 0 spiro atoms. The van der Waals surface area contributed by atoms with Crippen LogP contribution in [0.4, 0.5) is 0 Å². The molecule has 25 heavy (non-hydrogen) atoms. The Morgan fingerprint density at radius 2 is 1.56 bits per heavy atom. The highest BCUT2D eigenvalue weighted by molar-refractivity contribution is 5.83. The fourth-order valence-electron chi connectivity index (χ4n) is 6.20. The first kappa shape index (κ1) is 16.9. The summed E-state index contributed by atoms with van der Waals surface area (Å²) in [7, 11) is 1.96. The standard InChI is InChI=1S/C22H31NO2/c1-15-6-16(2)8-20(7-15)25-5-4-23(3)21(24)22-12-17-9-18(13-22)11-19(10-17)14-22/h6-8,17-19H,4-5,9-14H2,1-3H3. The van der Waals surface area contributed by atoms with Gasteiger partial charge in [0.15, 0.2) is 0 Å². The molecule has 0 saturated heterocycles. The molecule has 0 radical (unpaired) electrons. The minimum Gasteiger partial charge on any atom is -0.492 e. The van der Waals surface area contributed by atoms with Gasteiger partial charge in [-0.05, 0) is 93.4 Å². The van der Waals surface area contributed by atoms with E-state index in [9.17, 15) is 4.79 Å². The van der Waals surface area contributed by atoms with E-state index in [1.165, 1.54) is 30.4 Å². The molecule has 0 heterocycles. The third-order valence-corrected chi connectivity index (χ3v) is 6.73. The quantitative estimate of drug-likeness (QED) is 0.796. The van der Waals surface area contributed by atoms with Crippen LogP contribution in [0.3, 0.4) is 0 Å². The molecule has 3 nitrogen and oxygen atoms in total. The Hall–Kier alpha value is -1.51. The number of ether oxygens (including phenoxy) is 1. The van der Waals surface area contributed by atoms with E-state index < -0.39 is 0 Å². The Balaban J connectivity index is 1.35. The van der Waals surface area contributed by atoms with Gasteiger partial charge in [-0.15, -0.1) is 0 Å². The highest BCUT2D eigenvalue weighted by Crippen LogP contribution is 2.60. The van der Waals surface area contributed by atoms with Crippen molar-refractivity contribution in [1.29, 1.82) is 0 Å². The molecule has 0 aliphatic heterocycles. The Bertz CT molecular complexity index is 610. The van der Waals surface area contributed by atoms with Gasteiger partial charge in [-0.1, -0.05) is 6.07 Å². The zero-order chi connectivity index (χ0) is 17.6. The lowest BCUT2D eigenvalue weighted by atomic mass is 9.49. The number of hydrogen-bond donors (Lipinski definition) is 0. The molecule has 0 aromatic heterocycles. The molecular formula is C22H31NO2. The first-order valence-electron chi connectivity index (χ1n) is 9.90. The highest BCUT2D eigenvalue weighted by Gasteiger charge is 2.55. The topological polar surface area (TPSA) is 29.5 Å². The summed E-state index contributed by atoms with van der Waals surface area (Å²) in [6, 6.07) is 6.28. The summed E-state index contributed by atoms with van der Waals surface area (Å²) < 4.78 is 5.91. The molecule has 0 atom stereocenters. The molecule has 4 aliphatic rings. The number of carbonyl (C=O) groups excluding carboxylic acids is 1. The molecule has 5 rings (SSSR count). The first-order valence-corrected chi connectivity index (χ1v) is 9.90. The van der Waals surface area contributed by atoms with Crippen molar-refractivity contribution in [2.24, 2.45) is 23.2 Å². The molecule has 136 valence electrons. The summed E-state index contributed by atoms with van der Waals surface area (Å²) in [6.45, 7) is 5.41. The Morgan fingerprint density at radius 3 is 2.08 bits per heavy atom. The van der Waals surface area contributed by atoms with Crippen LogP contribution in [0.1, 0.15) is 49.7 Å². The van der Waals surface area contributed by atoms with Gasteiger partial charge in [0, 0.05) is 7.05 Å². The lowest BCUT2D eigenvalue weighted by Gasteiger charge is -2.56. The highest BCUT2D eigenvalue weighted by atomic mass is 16.5. The normalized spacial score (nSPS) is 32.7. The number of amides is 1. The van der Waals surface area contributed by atoms with Gasteiger partial charge in [0.2, 0.25) is 5.91 Å². The van der Waals surface area contributed by atoms with Crippen molar-refractivity contribution in [2.75, 3.05) is 20.2 Å². The van der Waals surface area contributed by atoms with Crippen molar-refractivity contribution in [3.05, 3.63) is 29.3 Å². The molecule has 1 amide bonds. The Labute approximate surface area is 151 Å². The molecule has 4 aliphatic carbocycles. The minimum absolute atomic E-state index is 0.0383. The van der Waals surface area contributed by atoms with Crippen molar-refractivity contribution in [2.45, 2.75) is 52.4 Å². The van der Waals surface area contributed by atoms with Crippen LogP contribution in [0.2, 0.25) is 0 Å². The maximum atomic E-state index is 13.2. The van der Waals surface area contributed by atoms with Gasteiger partial charge in [0.25, 0.3) is 0 Å². The minimum atomic E-state index is -0.0383. The molecule has 4 saturated carbocycles. The second-order valence-corrected chi connectivity index (χ2v) is 9.10. The lowest BCUT2D eigenvalue weighted by molar-refractivity contribution is -0.156. The predicted octanol–water partition coefficient (Wildman–Crippen LogP) is 4.36. The number of carbonyl (C=O) groups is 1. The van der Waals surface area contributed by atoms with E-state index in [-0.39, 0.29) is 5.41 Å². The third-order valence-electron chi connectivity index (χ3n) is 6.73. The molecule has 1 aromatic rings. The number of rotatable bonds is 5. The number of hydrogen-bond acceptors (Lipinski definition) is 2. The van der Waals surface area contributed by atoms with Crippen LogP contribution >= 0.6 is 0 Å². The van der Waals surface area contributed by atoms with Gasteiger partial charge in [0.1, 0.15) is 12.4 Å². The van der Waals surface area contributed by atoms with Gasteiger partial charge < -0.3 is 9.64 Å². The maximum Gasteiger partial charge on any atom is 0.228 e. The molecular weight excluding hydrogens is 310 g/mol. The second-order valence-electron chi connectivity index (χ2n) is 9.10. The van der Waals surface area contributed by atoms with Gasteiger partial charge in [-0.2, -0.15) is 0 Å². The van der Waals surface area contributed by atoms with Crippen LogP contribution in [0.15, 0.2) is 18.2 Å². The van der Waals surface area contributed by atoms with Gasteiger partial charge in [-0.25, -0.2) is 0 Å². The summed E-state index contributed by atoms with van der Waals surface area (Å²) in [5, 5.41) is 0. The average molecular weight is 341 g/mol. The molecule has 4 bridgehead atoms. The predicted molar refractivity (Wildman–Crippen MR) is 99.7 cm³/mol. The van der Waals surface area contributed by atoms with E-state index in [2.05, 4.69) is 32.0 Å². The summed E-state index contributed by atoms with van der Waals surface area (Å²) >= 11 is 0. The van der Waals surface area contributed by atoms with E-state index in [4.69, 9.17) is 4.74 Å². The monoisotopic (exact) mass is 341 g/mol. The summed E-state index contributed by atoms with van der Waals surface area (Å²) in [5.41, 5.74) is 2.39. The number of benzene rings is 1. The van der Waals surface area contributed by atoms with Gasteiger partial charge in [0.05, 0.1) is 12.0 Å². The van der Waals surface area contributed by atoms with Crippen LogP contribution in [-0.2, 0) is 4.79 Å². The molecule has 1 aromatic carbocycles. The maximum absolute atomic E-state index is 13.2. The smallest absolute Gasteiger partial charge is 0.228 e. The summed E-state index contributed by atoms with van der Waals surface area (Å²) in [5.74, 6) is 3.74. The van der Waals surface area contributed by atoms with Crippen molar-refractivity contribution in [3.8, 4) is 5.75 Å². The van der Waals surface area contributed by atoms with Gasteiger partial charge >= 0.3 is 0 Å². The Morgan fingerprint density at radius 1 is 1.04 bits per heavy atom. The fraction of sp³-hybridized carbons (Fsp3) is 0.682. The first-order chi connectivity index (χ1) is 11.9. The van der Waals surface area contributed by atoms with Crippen LogP contribution in [0.25, 0.3) is 0 Å². The zero-order valence-corrected chi connectivity index (χ0v) is 15.9. The van der Waals surface area contributed by atoms with E-state index >= 15 is 0 Å². The number of aryl methyl sites for hydroxylation is 2.